The van der Waals surface area contributed by atoms with Crippen molar-refractivity contribution in [3.8, 4) is 23.0 Å². The maximum Gasteiger partial charge on any atom is 0.274 e. The van der Waals surface area contributed by atoms with Gasteiger partial charge in [-0.05, 0) is 48.4 Å². The fraction of sp³-hybridized carbons (Fsp3) is 0.174. The van der Waals surface area contributed by atoms with E-state index in [2.05, 4.69) is 10.3 Å². The van der Waals surface area contributed by atoms with Gasteiger partial charge in [0, 0.05) is 29.9 Å². The molecule has 8 nitrogen and oxygen atoms in total. The molecule has 2 aromatic carbocycles. The van der Waals surface area contributed by atoms with Crippen LogP contribution in [0.1, 0.15) is 32.8 Å². The first-order valence-electron chi connectivity index (χ1n) is 9.74. The van der Waals surface area contributed by atoms with Crippen LogP contribution in [0, 0.1) is 0 Å². The lowest BCUT2D eigenvalue weighted by Crippen LogP contribution is -2.14. The zero-order chi connectivity index (χ0) is 21.2. The fourth-order valence-electron chi connectivity index (χ4n) is 3.36. The molecule has 0 atom stereocenters. The minimum Gasteiger partial charge on any atom is -0.454 e. The zero-order valence-electron chi connectivity index (χ0n) is 16.4. The number of rotatable bonds is 6. The summed E-state index contributed by atoms with van der Waals surface area (Å²) in [6.45, 7) is 0.385. The lowest BCUT2D eigenvalue weighted by atomic mass is 10.0. The highest BCUT2D eigenvalue weighted by Gasteiger charge is 2.17. The number of carbonyl (C=O) groups excluding carboxylic acids is 2. The normalized spacial score (nSPS) is 13.2. The molecule has 1 amide bonds. The van der Waals surface area contributed by atoms with Crippen LogP contribution < -0.4 is 24.3 Å². The van der Waals surface area contributed by atoms with E-state index in [9.17, 15) is 9.59 Å². The summed E-state index contributed by atoms with van der Waals surface area (Å²) in [6.07, 6.45) is 2.32. The lowest BCUT2D eigenvalue weighted by molar-refractivity contribution is 0.0978. The molecule has 1 aromatic heterocycles. The standard InChI is InChI=1S/C23H18N2O6/c26-18(6-1-14-2-7-19-21(9-14)30-12-28-19)15-3-5-17(24-11-15)23(27)25-16-4-8-20-22(10-16)31-13-29-20/h2-5,7-11H,1,6,12-13H2,(H,25,27). The summed E-state index contributed by atoms with van der Waals surface area (Å²) < 4.78 is 21.2. The van der Waals surface area contributed by atoms with Crippen LogP contribution in [0.15, 0.2) is 54.7 Å². The summed E-state index contributed by atoms with van der Waals surface area (Å²) in [5, 5.41) is 2.76. The van der Waals surface area contributed by atoms with Crippen molar-refractivity contribution in [2.75, 3.05) is 18.9 Å². The molecule has 0 aliphatic carbocycles. The number of nitrogens with zero attached hydrogens (tertiary/aromatic N) is 1. The van der Waals surface area contributed by atoms with Crippen LogP contribution in [0.3, 0.4) is 0 Å². The monoisotopic (exact) mass is 418 g/mol. The molecule has 8 heteroatoms. The van der Waals surface area contributed by atoms with Crippen LogP contribution in [-0.4, -0.2) is 30.3 Å². The molecule has 31 heavy (non-hydrogen) atoms. The molecule has 5 rings (SSSR count). The molecule has 0 saturated heterocycles. The quantitative estimate of drug-likeness (QED) is 0.611. The fourth-order valence-corrected chi connectivity index (χ4v) is 3.36. The number of pyridine rings is 1. The predicted octanol–water partition coefficient (Wildman–Crippen LogP) is 3.61. The Morgan fingerprint density at radius 1 is 0.839 bits per heavy atom. The molecule has 3 heterocycles. The smallest absolute Gasteiger partial charge is 0.274 e. The number of fused-ring (bicyclic) bond motifs is 2. The van der Waals surface area contributed by atoms with Crippen molar-refractivity contribution >= 4 is 17.4 Å². The molecule has 0 fully saturated rings. The Morgan fingerprint density at radius 3 is 2.29 bits per heavy atom. The first-order chi connectivity index (χ1) is 15.2. The zero-order valence-corrected chi connectivity index (χ0v) is 16.4. The van der Waals surface area contributed by atoms with Crippen LogP contribution in [0.5, 0.6) is 23.0 Å². The summed E-state index contributed by atoms with van der Waals surface area (Å²) in [5.41, 5.74) is 2.23. The van der Waals surface area contributed by atoms with Gasteiger partial charge in [-0.2, -0.15) is 0 Å². The highest BCUT2D eigenvalue weighted by molar-refractivity contribution is 6.03. The topological polar surface area (TPSA) is 96.0 Å². The van der Waals surface area contributed by atoms with Gasteiger partial charge in [0.25, 0.3) is 5.91 Å². The Balaban J connectivity index is 1.19. The summed E-state index contributed by atoms with van der Waals surface area (Å²) in [7, 11) is 0. The molecule has 1 N–H and O–H groups in total. The van der Waals surface area contributed by atoms with Crippen molar-refractivity contribution in [3.05, 3.63) is 71.5 Å². The number of carbonyl (C=O) groups is 2. The average molecular weight is 418 g/mol. The van der Waals surface area contributed by atoms with Crippen molar-refractivity contribution in [2.24, 2.45) is 0 Å². The number of hydrogen-bond acceptors (Lipinski definition) is 7. The lowest BCUT2D eigenvalue weighted by Gasteiger charge is -2.07. The number of nitrogens with one attached hydrogen (secondary N) is 1. The SMILES string of the molecule is O=C(CCc1ccc2c(c1)OCO2)c1ccc(C(=O)Nc2ccc3c(c2)OCO3)nc1. The van der Waals surface area contributed by atoms with Gasteiger partial charge in [0.2, 0.25) is 13.6 Å². The third-order valence-corrected chi connectivity index (χ3v) is 5.03. The third kappa shape index (κ3) is 4.00. The van der Waals surface area contributed by atoms with Gasteiger partial charge in [0.15, 0.2) is 28.8 Å². The van der Waals surface area contributed by atoms with Crippen LogP contribution in [0.2, 0.25) is 0 Å². The Morgan fingerprint density at radius 2 is 1.55 bits per heavy atom. The third-order valence-electron chi connectivity index (χ3n) is 5.03. The first-order valence-corrected chi connectivity index (χ1v) is 9.74. The van der Waals surface area contributed by atoms with E-state index in [-0.39, 0.29) is 31.0 Å². The Labute approximate surface area is 177 Å². The minimum absolute atomic E-state index is 0.0482. The number of aromatic nitrogens is 1. The van der Waals surface area contributed by atoms with Crippen LogP contribution in [-0.2, 0) is 6.42 Å². The summed E-state index contributed by atoms with van der Waals surface area (Å²) >= 11 is 0. The molecular weight excluding hydrogens is 400 g/mol. The highest BCUT2D eigenvalue weighted by Crippen LogP contribution is 2.34. The molecule has 0 unspecified atom stereocenters. The molecule has 0 spiro atoms. The number of hydrogen-bond donors (Lipinski definition) is 1. The number of aryl methyl sites for hydroxylation is 1. The Bertz CT molecular complexity index is 1160. The molecule has 0 saturated carbocycles. The first kappa shape index (κ1) is 18.9. The van der Waals surface area contributed by atoms with E-state index in [4.69, 9.17) is 18.9 Å². The molecule has 3 aromatic rings. The van der Waals surface area contributed by atoms with Gasteiger partial charge >= 0.3 is 0 Å². The number of benzene rings is 2. The van der Waals surface area contributed by atoms with E-state index in [1.54, 1.807) is 24.3 Å². The van der Waals surface area contributed by atoms with Gasteiger partial charge in [0.05, 0.1) is 0 Å². The maximum absolute atomic E-state index is 12.5. The largest absolute Gasteiger partial charge is 0.454 e. The van der Waals surface area contributed by atoms with E-state index in [1.165, 1.54) is 12.3 Å². The molecule has 2 aliphatic rings. The van der Waals surface area contributed by atoms with Gasteiger partial charge in [-0.1, -0.05) is 6.07 Å². The molecule has 2 aliphatic heterocycles. The van der Waals surface area contributed by atoms with Gasteiger partial charge in [-0.15, -0.1) is 0 Å². The second kappa shape index (κ2) is 7.98. The van der Waals surface area contributed by atoms with Gasteiger partial charge in [0.1, 0.15) is 5.69 Å². The second-order valence-corrected chi connectivity index (χ2v) is 7.07. The van der Waals surface area contributed by atoms with Crippen LogP contribution in [0.4, 0.5) is 5.69 Å². The predicted molar refractivity (Wildman–Crippen MR) is 110 cm³/mol. The number of amides is 1. The van der Waals surface area contributed by atoms with Crippen LogP contribution in [0.25, 0.3) is 0 Å². The van der Waals surface area contributed by atoms with E-state index in [0.717, 1.165) is 5.56 Å². The Kier molecular flexibility index (Phi) is 4.87. The van der Waals surface area contributed by atoms with Crippen molar-refractivity contribution in [2.45, 2.75) is 12.8 Å². The summed E-state index contributed by atoms with van der Waals surface area (Å²) in [5.74, 6) is 2.21. The molecule has 0 bridgehead atoms. The number of Topliss-reactive ketones (excluding diaryl/α,β-unsaturated/α-hetero) is 1. The molecule has 0 radical (unpaired) electrons. The molecule has 156 valence electrons. The molecular formula is C23H18N2O6. The minimum atomic E-state index is -0.377. The number of ketones is 1. The Hall–Kier alpha value is -4.07. The van der Waals surface area contributed by atoms with Gasteiger partial charge in [-0.25, -0.2) is 0 Å². The highest BCUT2D eigenvalue weighted by atomic mass is 16.7. The second-order valence-electron chi connectivity index (χ2n) is 7.07. The van der Waals surface area contributed by atoms with Gasteiger partial charge < -0.3 is 24.3 Å². The van der Waals surface area contributed by atoms with Gasteiger partial charge in [-0.3, -0.25) is 14.6 Å². The van der Waals surface area contributed by atoms with E-state index in [1.807, 2.05) is 18.2 Å². The van der Waals surface area contributed by atoms with Crippen molar-refractivity contribution < 1.29 is 28.5 Å². The summed E-state index contributed by atoms with van der Waals surface area (Å²) in [6, 6.07) is 13.9. The number of anilines is 1. The van der Waals surface area contributed by atoms with Crippen molar-refractivity contribution in [1.29, 1.82) is 0 Å². The van der Waals surface area contributed by atoms with E-state index >= 15 is 0 Å². The van der Waals surface area contributed by atoms with E-state index < -0.39 is 0 Å². The summed E-state index contributed by atoms with van der Waals surface area (Å²) in [4.78, 5) is 29.1. The maximum atomic E-state index is 12.5. The number of ether oxygens (including phenoxy) is 4. The van der Waals surface area contributed by atoms with E-state index in [0.29, 0.717) is 47.1 Å². The average Bonchev–Trinajstić information content (AvgIpc) is 3.46. The van der Waals surface area contributed by atoms with Crippen molar-refractivity contribution in [1.82, 2.24) is 4.98 Å². The van der Waals surface area contributed by atoms with Crippen LogP contribution >= 0.6 is 0 Å². The van der Waals surface area contributed by atoms with Crippen molar-refractivity contribution in [3.63, 3.8) is 0 Å².